The number of rotatable bonds is 5. The zero-order valence-corrected chi connectivity index (χ0v) is 13.9. The Bertz CT molecular complexity index is 657. The average molecular weight is 338 g/mol. The fourth-order valence-electron chi connectivity index (χ4n) is 2.64. The minimum atomic E-state index is -0.0182. The molecule has 1 aromatic heterocycles. The highest BCUT2D eigenvalue weighted by Crippen LogP contribution is 2.30. The number of carbonyl (C=O) groups excluding carboxylic acids is 1. The van der Waals surface area contributed by atoms with Gasteiger partial charge < -0.3 is 11.1 Å². The summed E-state index contributed by atoms with van der Waals surface area (Å²) in [6.07, 6.45) is 4.75. The minimum Gasteiger partial charge on any atom is -0.330 e. The highest BCUT2D eigenvalue weighted by molar-refractivity contribution is 7.14. The van der Waals surface area contributed by atoms with Gasteiger partial charge in [-0.1, -0.05) is 12.1 Å². The van der Waals surface area contributed by atoms with Crippen molar-refractivity contribution in [3.8, 4) is 11.3 Å². The molecule has 4 nitrogen and oxygen atoms in total. The van der Waals surface area contributed by atoms with Gasteiger partial charge in [0.2, 0.25) is 5.91 Å². The Balaban J connectivity index is 0.00000176. The maximum Gasteiger partial charge on any atom is 0.226 e. The van der Waals surface area contributed by atoms with Crippen LogP contribution in [0.4, 0.5) is 5.13 Å². The third-order valence-electron chi connectivity index (χ3n) is 3.75. The molecule has 0 saturated carbocycles. The van der Waals surface area contributed by atoms with Crippen molar-refractivity contribution in [3.63, 3.8) is 0 Å². The lowest BCUT2D eigenvalue weighted by atomic mass is 10.1. The van der Waals surface area contributed by atoms with E-state index in [0.29, 0.717) is 24.5 Å². The van der Waals surface area contributed by atoms with Gasteiger partial charge in [0.05, 0.1) is 5.69 Å². The molecule has 1 aliphatic rings. The first-order valence-electron chi connectivity index (χ1n) is 7.34. The number of nitrogens with zero attached hydrogens (tertiary/aromatic N) is 1. The molecule has 3 rings (SSSR count). The summed E-state index contributed by atoms with van der Waals surface area (Å²) in [5.74, 6) is -0.0182. The molecule has 118 valence electrons. The quantitative estimate of drug-likeness (QED) is 0.878. The van der Waals surface area contributed by atoms with Crippen LogP contribution in [0.25, 0.3) is 11.3 Å². The number of nitrogens with two attached hydrogens (primary N) is 1. The van der Waals surface area contributed by atoms with E-state index in [9.17, 15) is 4.79 Å². The van der Waals surface area contributed by atoms with Crippen molar-refractivity contribution in [2.75, 3.05) is 11.9 Å². The van der Waals surface area contributed by atoms with Crippen molar-refractivity contribution >= 4 is 34.8 Å². The van der Waals surface area contributed by atoms with E-state index in [1.165, 1.54) is 35.3 Å². The third kappa shape index (κ3) is 3.85. The Morgan fingerprint density at radius 2 is 2.14 bits per heavy atom. The standard InChI is InChI=1S/C16H19N3OS.ClH/c17-8-2-5-15(20)19-16-18-14(10-21-16)13-7-6-11-3-1-4-12(11)9-13;/h6-7,9-10H,1-5,8,17H2,(H,18,19,20);1H. The summed E-state index contributed by atoms with van der Waals surface area (Å²) in [5.41, 5.74) is 10.4. The number of carbonyl (C=O) groups is 1. The molecule has 2 aromatic rings. The second-order valence-electron chi connectivity index (χ2n) is 5.32. The summed E-state index contributed by atoms with van der Waals surface area (Å²) in [7, 11) is 0. The van der Waals surface area contributed by atoms with E-state index in [1.807, 2.05) is 5.38 Å². The zero-order chi connectivity index (χ0) is 14.7. The van der Waals surface area contributed by atoms with E-state index in [1.54, 1.807) is 0 Å². The molecule has 1 amide bonds. The number of aromatic nitrogens is 1. The number of hydrogen-bond donors (Lipinski definition) is 2. The summed E-state index contributed by atoms with van der Waals surface area (Å²) in [5, 5.41) is 5.49. The van der Waals surface area contributed by atoms with Crippen molar-refractivity contribution in [2.24, 2.45) is 5.73 Å². The molecule has 0 saturated heterocycles. The highest BCUT2D eigenvalue weighted by atomic mass is 35.5. The van der Waals surface area contributed by atoms with Crippen LogP contribution in [0.5, 0.6) is 0 Å². The van der Waals surface area contributed by atoms with E-state index >= 15 is 0 Å². The first-order valence-corrected chi connectivity index (χ1v) is 8.22. The lowest BCUT2D eigenvalue weighted by Gasteiger charge is -2.02. The van der Waals surface area contributed by atoms with Crippen molar-refractivity contribution in [1.29, 1.82) is 0 Å². The molecule has 3 N–H and O–H groups in total. The number of fused-ring (bicyclic) bond motifs is 1. The van der Waals surface area contributed by atoms with Crippen LogP contribution in [-0.4, -0.2) is 17.4 Å². The van der Waals surface area contributed by atoms with Crippen molar-refractivity contribution in [2.45, 2.75) is 32.1 Å². The predicted molar refractivity (Wildman–Crippen MR) is 93.7 cm³/mol. The Morgan fingerprint density at radius 1 is 1.32 bits per heavy atom. The fourth-order valence-corrected chi connectivity index (χ4v) is 3.38. The Kier molecular flexibility index (Phi) is 5.94. The molecule has 1 aliphatic carbocycles. The van der Waals surface area contributed by atoms with Gasteiger partial charge in [-0.2, -0.15) is 0 Å². The number of anilines is 1. The molecule has 6 heteroatoms. The summed E-state index contributed by atoms with van der Waals surface area (Å²) < 4.78 is 0. The maximum absolute atomic E-state index is 11.7. The summed E-state index contributed by atoms with van der Waals surface area (Å²) in [4.78, 5) is 16.2. The Morgan fingerprint density at radius 3 is 2.95 bits per heavy atom. The Labute approximate surface area is 140 Å². The van der Waals surface area contributed by atoms with Crippen LogP contribution in [-0.2, 0) is 17.6 Å². The number of thiazole rings is 1. The SMILES string of the molecule is Cl.NCCCC(=O)Nc1nc(-c2ccc3c(c2)CCC3)cs1. The van der Waals surface area contributed by atoms with E-state index in [0.717, 1.165) is 17.7 Å². The zero-order valence-electron chi connectivity index (χ0n) is 12.3. The number of halogens is 1. The molecular weight excluding hydrogens is 318 g/mol. The van der Waals surface area contributed by atoms with Crippen molar-refractivity contribution in [1.82, 2.24) is 4.98 Å². The van der Waals surface area contributed by atoms with Crippen LogP contribution in [0, 0.1) is 0 Å². The number of amides is 1. The molecule has 0 spiro atoms. The molecule has 0 fully saturated rings. The fraction of sp³-hybridized carbons (Fsp3) is 0.375. The van der Waals surface area contributed by atoms with Crippen LogP contribution in [0.3, 0.4) is 0 Å². The number of benzene rings is 1. The Hall–Kier alpha value is -1.43. The van der Waals surface area contributed by atoms with Crippen LogP contribution in [0.2, 0.25) is 0 Å². The largest absolute Gasteiger partial charge is 0.330 e. The molecule has 0 bridgehead atoms. The van der Waals surface area contributed by atoms with Gasteiger partial charge >= 0.3 is 0 Å². The normalized spacial score (nSPS) is 12.6. The first kappa shape index (κ1) is 16.9. The molecule has 0 atom stereocenters. The number of hydrogen-bond acceptors (Lipinski definition) is 4. The monoisotopic (exact) mass is 337 g/mol. The van der Waals surface area contributed by atoms with Crippen LogP contribution < -0.4 is 11.1 Å². The molecule has 0 radical (unpaired) electrons. The molecular formula is C16H20ClN3OS. The van der Waals surface area contributed by atoms with E-state index in [2.05, 4.69) is 28.5 Å². The first-order chi connectivity index (χ1) is 10.3. The van der Waals surface area contributed by atoms with Gasteiger partial charge in [-0.05, 0) is 49.4 Å². The van der Waals surface area contributed by atoms with E-state index in [-0.39, 0.29) is 18.3 Å². The predicted octanol–water partition coefficient (Wildman–Crippen LogP) is 3.40. The van der Waals surface area contributed by atoms with Gasteiger partial charge in [-0.3, -0.25) is 4.79 Å². The summed E-state index contributed by atoms with van der Waals surface area (Å²) >= 11 is 1.47. The molecule has 1 heterocycles. The van der Waals surface area contributed by atoms with Gasteiger partial charge in [0.25, 0.3) is 0 Å². The van der Waals surface area contributed by atoms with Gasteiger partial charge in [-0.25, -0.2) is 4.98 Å². The van der Waals surface area contributed by atoms with Crippen LogP contribution in [0.15, 0.2) is 23.6 Å². The maximum atomic E-state index is 11.7. The smallest absolute Gasteiger partial charge is 0.226 e. The summed E-state index contributed by atoms with van der Waals surface area (Å²) in [6.45, 7) is 0.533. The van der Waals surface area contributed by atoms with Crippen molar-refractivity contribution < 1.29 is 4.79 Å². The number of nitrogens with one attached hydrogen (secondary N) is 1. The molecule has 1 aromatic carbocycles. The van der Waals surface area contributed by atoms with Gasteiger partial charge in [0.1, 0.15) is 0 Å². The number of aryl methyl sites for hydroxylation is 2. The molecule has 0 aliphatic heterocycles. The third-order valence-corrected chi connectivity index (χ3v) is 4.51. The summed E-state index contributed by atoms with van der Waals surface area (Å²) in [6, 6.07) is 6.56. The van der Waals surface area contributed by atoms with Gasteiger partial charge in [0.15, 0.2) is 5.13 Å². The molecule has 22 heavy (non-hydrogen) atoms. The average Bonchev–Trinajstić information content (AvgIpc) is 3.12. The van der Waals surface area contributed by atoms with Crippen LogP contribution >= 0.6 is 23.7 Å². The second kappa shape index (κ2) is 7.72. The van der Waals surface area contributed by atoms with Crippen LogP contribution in [0.1, 0.15) is 30.4 Å². The topological polar surface area (TPSA) is 68.0 Å². The highest BCUT2D eigenvalue weighted by Gasteiger charge is 2.13. The van der Waals surface area contributed by atoms with Gasteiger partial charge in [-0.15, -0.1) is 23.7 Å². The van der Waals surface area contributed by atoms with E-state index < -0.39 is 0 Å². The second-order valence-corrected chi connectivity index (χ2v) is 6.17. The van der Waals surface area contributed by atoms with Gasteiger partial charge in [0, 0.05) is 17.4 Å². The lowest BCUT2D eigenvalue weighted by molar-refractivity contribution is -0.116. The lowest BCUT2D eigenvalue weighted by Crippen LogP contribution is -2.13. The molecule has 0 unspecified atom stereocenters. The van der Waals surface area contributed by atoms with Crippen molar-refractivity contribution in [3.05, 3.63) is 34.7 Å². The van der Waals surface area contributed by atoms with E-state index in [4.69, 9.17) is 5.73 Å². The minimum absolute atomic E-state index is 0.